The Balaban J connectivity index is 1.65. The second-order valence-corrected chi connectivity index (χ2v) is 9.72. The third kappa shape index (κ3) is 2.15. The predicted molar refractivity (Wildman–Crippen MR) is 99.6 cm³/mol. The van der Waals surface area contributed by atoms with E-state index in [-0.39, 0.29) is 11.2 Å². The lowest BCUT2D eigenvalue weighted by Crippen LogP contribution is -2.50. The molecule has 4 aliphatic rings. The van der Waals surface area contributed by atoms with E-state index in [1.54, 1.807) is 0 Å². The number of ketones is 1. The summed E-state index contributed by atoms with van der Waals surface area (Å²) in [5.41, 5.74) is 2.16. The van der Waals surface area contributed by atoms with Gasteiger partial charge < -0.3 is 0 Å². The highest BCUT2D eigenvalue weighted by atomic mass is 16.1. The Morgan fingerprint density at radius 3 is 2.71 bits per heavy atom. The molecular formula is C23H34O. The molecule has 1 heteroatoms. The maximum atomic E-state index is 11.8. The maximum Gasteiger partial charge on any atom is 0.178 e. The van der Waals surface area contributed by atoms with Crippen LogP contribution in [0.15, 0.2) is 23.8 Å². The third-order valence-electron chi connectivity index (χ3n) is 8.96. The summed E-state index contributed by atoms with van der Waals surface area (Å²) in [6, 6.07) is 0. The highest BCUT2D eigenvalue weighted by Gasteiger charge is 2.58. The van der Waals surface area contributed by atoms with Gasteiger partial charge in [0.15, 0.2) is 5.78 Å². The summed E-state index contributed by atoms with van der Waals surface area (Å²) in [5, 5.41) is 0. The minimum absolute atomic E-state index is 0.159. The predicted octanol–water partition coefficient (Wildman–Crippen LogP) is 5.96. The molecule has 4 unspecified atom stereocenters. The van der Waals surface area contributed by atoms with Crippen LogP contribution in [0.3, 0.4) is 0 Å². The molecule has 0 saturated heterocycles. The zero-order valence-corrected chi connectivity index (χ0v) is 16.0. The third-order valence-corrected chi connectivity index (χ3v) is 8.96. The summed E-state index contributed by atoms with van der Waals surface area (Å²) in [5.74, 6) is 4.56. The molecule has 0 aromatic heterocycles. The number of carbonyl (C=O) groups is 1. The van der Waals surface area contributed by atoms with E-state index in [2.05, 4.69) is 33.8 Å². The smallest absolute Gasteiger partial charge is 0.178 e. The van der Waals surface area contributed by atoms with Crippen LogP contribution in [-0.2, 0) is 4.79 Å². The van der Waals surface area contributed by atoms with Crippen molar-refractivity contribution in [3.8, 4) is 0 Å². The molecule has 0 N–H and O–H groups in total. The topological polar surface area (TPSA) is 17.1 Å². The molecule has 3 fully saturated rings. The largest absolute Gasteiger partial charge is 0.290 e. The molecule has 132 valence electrons. The first-order valence-electron chi connectivity index (χ1n) is 10.3. The van der Waals surface area contributed by atoms with Crippen LogP contribution in [0.1, 0.15) is 72.6 Å². The second-order valence-electron chi connectivity index (χ2n) is 9.72. The van der Waals surface area contributed by atoms with Crippen LogP contribution in [0.5, 0.6) is 0 Å². The SMILES string of the molecule is CCC(C)[C@H]1CCC2C3CCC4=CC(=O)C=C[C@]4(C)C3CC[C@@]21C. The minimum atomic E-state index is 0.159. The number of hydrogen-bond donors (Lipinski definition) is 0. The van der Waals surface area contributed by atoms with Gasteiger partial charge in [0.1, 0.15) is 0 Å². The molecule has 0 heterocycles. The van der Waals surface area contributed by atoms with Gasteiger partial charge in [-0.05, 0) is 85.7 Å². The number of rotatable bonds is 2. The van der Waals surface area contributed by atoms with E-state index in [0.717, 1.165) is 36.0 Å². The van der Waals surface area contributed by atoms with Gasteiger partial charge >= 0.3 is 0 Å². The molecular weight excluding hydrogens is 292 g/mol. The van der Waals surface area contributed by atoms with Gasteiger partial charge in [-0.1, -0.05) is 45.8 Å². The standard InChI is InChI=1S/C23H34O/c1-5-15(2)19-8-9-20-18-7-6-16-14-17(24)10-12-22(16,3)21(18)11-13-23(19,20)4/h10,12,14-15,18-21H,5-9,11,13H2,1-4H3/t15?,18?,19-,20?,21?,22+,23-/m1/s1. The Morgan fingerprint density at radius 1 is 1.17 bits per heavy atom. The summed E-state index contributed by atoms with van der Waals surface area (Å²) >= 11 is 0. The zero-order chi connectivity index (χ0) is 17.1. The van der Waals surface area contributed by atoms with E-state index >= 15 is 0 Å². The first kappa shape index (κ1) is 16.6. The summed E-state index contributed by atoms with van der Waals surface area (Å²) in [6.45, 7) is 9.91. The lowest BCUT2D eigenvalue weighted by atomic mass is 9.47. The van der Waals surface area contributed by atoms with Crippen LogP contribution in [0, 0.1) is 40.4 Å². The van der Waals surface area contributed by atoms with Gasteiger partial charge in [0, 0.05) is 5.41 Å². The highest BCUT2D eigenvalue weighted by molar-refractivity contribution is 6.01. The molecule has 24 heavy (non-hydrogen) atoms. The van der Waals surface area contributed by atoms with Gasteiger partial charge in [-0.15, -0.1) is 0 Å². The first-order valence-corrected chi connectivity index (χ1v) is 10.3. The fourth-order valence-corrected chi connectivity index (χ4v) is 7.46. The van der Waals surface area contributed by atoms with Crippen molar-refractivity contribution in [2.45, 2.75) is 72.6 Å². The Bertz CT molecular complexity index is 599. The van der Waals surface area contributed by atoms with Crippen molar-refractivity contribution in [2.24, 2.45) is 40.4 Å². The molecule has 0 spiro atoms. The fourth-order valence-electron chi connectivity index (χ4n) is 7.46. The van der Waals surface area contributed by atoms with Gasteiger partial charge in [-0.2, -0.15) is 0 Å². The lowest BCUT2D eigenvalue weighted by molar-refractivity contribution is -0.111. The van der Waals surface area contributed by atoms with Crippen molar-refractivity contribution in [1.82, 2.24) is 0 Å². The monoisotopic (exact) mass is 326 g/mol. The quantitative estimate of drug-likeness (QED) is 0.612. The summed E-state index contributed by atoms with van der Waals surface area (Å²) < 4.78 is 0. The van der Waals surface area contributed by atoms with Crippen molar-refractivity contribution >= 4 is 5.78 Å². The summed E-state index contributed by atoms with van der Waals surface area (Å²) in [4.78, 5) is 11.8. The summed E-state index contributed by atoms with van der Waals surface area (Å²) in [6.07, 6.45) is 15.5. The van der Waals surface area contributed by atoms with Crippen LogP contribution in [0.2, 0.25) is 0 Å². The molecule has 3 saturated carbocycles. The normalized spacial score (nSPS) is 48.3. The van der Waals surface area contributed by atoms with Crippen molar-refractivity contribution in [3.05, 3.63) is 23.8 Å². The average Bonchev–Trinajstić information content (AvgIpc) is 2.92. The Kier molecular flexibility index (Phi) is 3.86. The van der Waals surface area contributed by atoms with Crippen molar-refractivity contribution < 1.29 is 4.79 Å². The van der Waals surface area contributed by atoms with Crippen molar-refractivity contribution in [3.63, 3.8) is 0 Å². The lowest BCUT2D eigenvalue weighted by Gasteiger charge is -2.57. The minimum Gasteiger partial charge on any atom is -0.290 e. The molecule has 0 aromatic rings. The molecule has 0 aliphatic heterocycles. The molecule has 0 amide bonds. The Hall–Kier alpha value is -0.850. The van der Waals surface area contributed by atoms with Crippen LogP contribution < -0.4 is 0 Å². The number of hydrogen-bond acceptors (Lipinski definition) is 1. The van der Waals surface area contributed by atoms with Crippen molar-refractivity contribution in [1.29, 1.82) is 0 Å². The van der Waals surface area contributed by atoms with E-state index < -0.39 is 0 Å². The van der Waals surface area contributed by atoms with E-state index in [1.165, 1.54) is 44.1 Å². The summed E-state index contributed by atoms with van der Waals surface area (Å²) in [7, 11) is 0. The van der Waals surface area contributed by atoms with Crippen LogP contribution in [0.4, 0.5) is 0 Å². The maximum absolute atomic E-state index is 11.8. The van der Waals surface area contributed by atoms with E-state index in [0.29, 0.717) is 5.41 Å². The van der Waals surface area contributed by atoms with E-state index in [1.807, 2.05) is 12.2 Å². The van der Waals surface area contributed by atoms with Gasteiger partial charge in [0.05, 0.1) is 0 Å². The molecule has 4 rings (SSSR count). The highest BCUT2D eigenvalue weighted by Crippen LogP contribution is 2.67. The van der Waals surface area contributed by atoms with Crippen LogP contribution >= 0.6 is 0 Å². The van der Waals surface area contributed by atoms with Crippen molar-refractivity contribution in [2.75, 3.05) is 0 Å². The van der Waals surface area contributed by atoms with E-state index in [9.17, 15) is 4.79 Å². The molecule has 1 nitrogen and oxygen atoms in total. The fraction of sp³-hybridized carbons (Fsp3) is 0.783. The molecule has 0 radical (unpaired) electrons. The van der Waals surface area contributed by atoms with E-state index in [4.69, 9.17) is 0 Å². The van der Waals surface area contributed by atoms with Gasteiger partial charge in [0.2, 0.25) is 0 Å². The first-order chi connectivity index (χ1) is 11.4. The molecule has 4 aliphatic carbocycles. The number of fused-ring (bicyclic) bond motifs is 5. The Labute approximate surface area is 148 Å². The molecule has 0 bridgehead atoms. The Morgan fingerprint density at radius 2 is 1.96 bits per heavy atom. The average molecular weight is 327 g/mol. The van der Waals surface area contributed by atoms with Gasteiger partial charge in [0.25, 0.3) is 0 Å². The van der Waals surface area contributed by atoms with Gasteiger partial charge in [-0.25, -0.2) is 0 Å². The van der Waals surface area contributed by atoms with Crippen LogP contribution in [0.25, 0.3) is 0 Å². The van der Waals surface area contributed by atoms with Gasteiger partial charge in [-0.3, -0.25) is 4.79 Å². The van der Waals surface area contributed by atoms with Crippen LogP contribution in [-0.4, -0.2) is 5.78 Å². The molecule has 7 atom stereocenters. The number of allylic oxidation sites excluding steroid dienone is 4. The molecule has 0 aromatic carbocycles. The zero-order valence-electron chi connectivity index (χ0n) is 16.0. The number of carbonyl (C=O) groups excluding carboxylic acids is 1. The second kappa shape index (κ2) is 5.58.